The largest absolute Gasteiger partial charge is 0.386 e. The minimum atomic E-state index is -4.08. The molecule has 6 atom stereocenters. The Hall–Kier alpha value is -4.24. The number of hydrogen-bond donors (Lipinski definition) is 3. The van der Waals surface area contributed by atoms with E-state index in [2.05, 4.69) is 10.3 Å². The molecule has 5 heterocycles. The Morgan fingerprint density at radius 3 is 2.69 bits per heavy atom. The quantitative estimate of drug-likeness (QED) is 0.327. The first-order valence-electron chi connectivity index (χ1n) is 16.1. The number of ether oxygens (including phenoxy) is 1. The van der Waals surface area contributed by atoms with Gasteiger partial charge in [0.15, 0.2) is 0 Å². The van der Waals surface area contributed by atoms with Crippen molar-refractivity contribution in [2.24, 2.45) is 5.92 Å². The van der Waals surface area contributed by atoms with Crippen molar-refractivity contribution < 1.29 is 36.8 Å². The van der Waals surface area contributed by atoms with Crippen molar-refractivity contribution >= 4 is 44.3 Å². The molecule has 1 aromatic heterocycles. The number of likely N-dealkylation sites (N-methyl/N-ethyl adjacent to an activating group) is 1. The zero-order chi connectivity index (χ0) is 33.7. The van der Waals surface area contributed by atoms with Crippen LogP contribution in [-0.2, 0) is 46.3 Å². The molecule has 8 rings (SSSR count). The summed E-state index contributed by atoms with van der Waals surface area (Å²) in [6.45, 7) is 1.86. The fourth-order valence-corrected chi connectivity index (χ4v) is 8.99. The Balaban J connectivity index is 1.18. The van der Waals surface area contributed by atoms with E-state index in [9.17, 15) is 27.9 Å². The summed E-state index contributed by atoms with van der Waals surface area (Å²) in [5.74, 6) is -5.13. The smallest absolute Gasteiger partial charge is 0.305 e. The summed E-state index contributed by atoms with van der Waals surface area (Å²) < 4.78 is 37.3. The van der Waals surface area contributed by atoms with Crippen molar-refractivity contribution in [3.8, 4) is 0 Å². The predicted octanol–water partition coefficient (Wildman–Crippen LogP) is 1.29. The van der Waals surface area contributed by atoms with Crippen molar-refractivity contribution in [3.05, 3.63) is 77.2 Å². The molecule has 3 saturated heterocycles. The number of nitrogens with zero attached hydrogens (tertiary/aromatic N) is 3. The highest BCUT2D eigenvalue weighted by atomic mass is 32.2. The van der Waals surface area contributed by atoms with E-state index < -0.39 is 51.6 Å². The third-order valence-corrected chi connectivity index (χ3v) is 11.0. The predicted molar refractivity (Wildman–Crippen MR) is 173 cm³/mol. The molecule has 3 fully saturated rings. The highest BCUT2D eigenvalue weighted by Crippen LogP contribution is 2.47. The van der Waals surface area contributed by atoms with Crippen LogP contribution in [0.5, 0.6) is 0 Å². The van der Waals surface area contributed by atoms with E-state index >= 15 is 0 Å². The lowest BCUT2D eigenvalue weighted by Gasteiger charge is -2.48. The van der Waals surface area contributed by atoms with Crippen molar-refractivity contribution in [1.82, 2.24) is 25.0 Å². The van der Waals surface area contributed by atoms with E-state index in [0.29, 0.717) is 31.4 Å². The van der Waals surface area contributed by atoms with Gasteiger partial charge in [-0.2, -0.15) is 8.42 Å². The molecule has 2 aromatic carbocycles. The molecule has 14 heteroatoms. The Labute approximate surface area is 277 Å². The van der Waals surface area contributed by atoms with Crippen LogP contribution >= 0.6 is 0 Å². The van der Waals surface area contributed by atoms with Crippen LogP contribution in [-0.4, -0.2) is 107 Å². The third-order valence-electron chi connectivity index (χ3n) is 10.5. The Morgan fingerprint density at radius 2 is 1.94 bits per heavy atom. The maximum atomic E-state index is 14.4. The van der Waals surface area contributed by atoms with E-state index in [4.69, 9.17) is 8.92 Å². The second kappa shape index (κ2) is 10.6. The topological polar surface area (TPSA) is 162 Å². The average Bonchev–Trinajstić information content (AvgIpc) is 3.74. The second-order valence-electron chi connectivity index (χ2n) is 13.7. The number of carbonyl (C=O) groups excluding carboxylic acids is 3. The van der Waals surface area contributed by atoms with Gasteiger partial charge >= 0.3 is 10.1 Å². The van der Waals surface area contributed by atoms with Gasteiger partial charge in [-0.15, -0.1) is 0 Å². The van der Waals surface area contributed by atoms with Gasteiger partial charge in [0, 0.05) is 48.2 Å². The molecule has 48 heavy (non-hydrogen) atoms. The molecule has 3 amide bonds. The highest BCUT2D eigenvalue weighted by Gasteiger charge is 2.70. The van der Waals surface area contributed by atoms with Gasteiger partial charge in [0.05, 0.1) is 6.26 Å². The van der Waals surface area contributed by atoms with Crippen LogP contribution in [0, 0.1) is 5.92 Å². The van der Waals surface area contributed by atoms with Crippen LogP contribution in [0.3, 0.4) is 0 Å². The van der Waals surface area contributed by atoms with Crippen LogP contribution in [0.1, 0.15) is 36.5 Å². The fraction of sp³-hybridized carbons (Fsp3) is 0.441. The number of carbonyl (C=O) groups is 3. The standard InChI is InChI=1S/C34H37N5O8S/c1-33(32(42)39-25(15-19-9-5-4-6-10-19)31(41)38-14-8-13-26(38)34(39,43)47-33)36-30(40)22-18-37(2)24-16-20-17-35-23-12-7-11-21(27(20)23)28(24)29(22)46-48(3,44)45/h4-7,9-12,17,22,24-26,35,43H,8,13-16,18H2,1-3H3,(H,36,40)/t22-,24-,25?,26+,33?,34?/m1/s1. The van der Waals surface area contributed by atoms with Crippen LogP contribution in [0.25, 0.3) is 16.5 Å². The van der Waals surface area contributed by atoms with Gasteiger partial charge in [-0.1, -0.05) is 42.5 Å². The van der Waals surface area contributed by atoms with Gasteiger partial charge in [0.25, 0.3) is 11.8 Å². The van der Waals surface area contributed by atoms with Crippen molar-refractivity contribution in [3.63, 3.8) is 0 Å². The Kier molecular flexibility index (Phi) is 6.88. The lowest BCUT2D eigenvalue weighted by molar-refractivity contribution is -0.315. The van der Waals surface area contributed by atoms with E-state index in [1.54, 1.807) is 4.90 Å². The Morgan fingerprint density at radius 1 is 1.17 bits per heavy atom. The zero-order valence-corrected chi connectivity index (χ0v) is 27.6. The van der Waals surface area contributed by atoms with Crippen LogP contribution in [0.15, 0.2) is 60.5 Å². The van der Waals surface area contributed by atoms with Crippen LogP contribution in [0.4, 0.5) is 0 Å². The molecule has 3 aromatic rings. The van der Waals surface area contributed by atoms with E-state index in [-0.39, 0.29) is 30.7 Å². The molecule has 252 valence electrons. The van der Waals surface area contributed by atoms with Crippen molar-refractivity contribution in [2.45, 2.75) is 62.4 Å². The monoisotopic (exact) mass is 675 g/mol. The molecule has 3 N–H and O–H groups in total. The maximum absolute atomic E-state index is 14.4. The number of aromatic amines is 1. The number of aliphatic hydroxyl groups is 1. The van der Waals surface area contributed by atoms with Gasteiger partial charge in [-0.3, -0.25) is 28.9 Å². The molecule has 13 nitrogen and oxygen atoms in total. The number of fused-ring (bicyclic) bond motifs is 5. The number of hydrogen-bond acceptors (Lipinski definition) is 9. The molecule has 0 spiro atoms. The fourth-order valence-electron chi connectivity index (χ4n) is 8.46. The van der Waals surface area contributed by atoms with E-state index in [1.807, 2.05) is 66.7 Å². The lowest BCUT2D eigenvalue weighted by Crippen LogP contribution is -2.71. The third kappa shape index (κ3) is 4.60. The molecule has 1 aliphatic carbocycles. The minimum absolute atomic E-state index is 0.0120. The molecule has 0 bridgehead atoms. The summed E-state index contributed by atoms with van der Waals surface area (Å²) in [6, 6.07) is 12.7. The minimum Gasteiger partial charge on any atom is -0.386 e. The van der Waals surface area contributed by atoms with Gasteiger partial charge < -0.3 is 24.5 Å². The zero-order valence-electron chi connectivity index (χ0n) is 26.8. The molecule has 5 aliphatic rings. The summed E-state index contributed by atoms with van der Waals surface area (Å²) in [5, 5.41) is 15.8. The number of piperazine rings is 1. The first kappa shape index (κ1) is 31.1. The van der Waals surface area contributed by atoms with Gasteiger partial charge in [-0.25, -0.2) is 0 Å². The van der Waals surface area contributed by atoms with Gasteiger partial charge in [0.2, 0.25) is 17.5 Å². The molecule has 0 saturated carbocycles. The normalized spacial score (nSPS) is 31.6. The number of benzene rings is 2. The lowest BCUT2D eigenvalue weighted by atomic mass is 9.78. The number of rotatable bonds is 6. The van der Waals surface area contributed by atoms with Crippen LogP contribution in [0.2, 0.25) is 0 Å². The highest BCUT2D eigenvalue weighted by molar-refractivity contribution is 7.86. The van der Waals surface area contributed by atoms with Gasteiger partial charge in [0.1, 0.15) is 23.8 Å². The summed E-state index contributed by atoms with van der Waals surface area (Å²) in [5.41, 5.74) is 2.02. The first-order chi connectivity index (χ1) is 22.8. The summed E-state index contributed by atoms with van der Waals surface area (Å²) in [7, 11) is -2.22. The summed E-state index contributed by atoms with van der Waals surface area (Å²) >= 11 is 0. The number of H-pyrrole nitrogens is 1. The molecule has 0 radical (unpaired) electrons. The van der Waals surface area contributed by atoms with Gasteiger partial charge in [-0.05, 0) is 56.0 Å². The maximum Gasteiger partial charge on any atom is 0.305 e. The first-order valence-corrected chi connectivity index (χ1v) is 18.0. The summed E-state index contributed by atoms with van der Waals surface area (Å²) in [4.78, 5) is 50.5. The molecular weight excluding hydrogens is 638 g/mol. The van der Waals surface area contributed by atoms with Crippen molar-refractivity contribution in [2.75, 3.05) is 26.4 Å². The SMILES string of the molecule is CN1C[C@@H](C(=O)NC2(C)OC3(O)[C@@H]4CCCN4C(=O)C(Cc4ccccc4)N3C2=O)C(OS(C)(=O)=O)=C2c3cccc4[nH]cc(c34)C[C@H]21. The summed E-state index contributed by atoms with van der Waals surface area (Å²) in [6.07, 6.45) is 4.63. The van der Waals surface area contributed by atoms with E-state index in [1.165, 1.54) is 6.92 Å². The average molecular weight is 676 g/mol. The molecule has 4 aliphatic heterocycles. The molecule has 3 unspecified atom stereocenters. The van der Waals surface area contributed by atoms with E-state index in [0.717, 1.165) is 38.7 Å². The van der Waals surface area contributed by atoms with Crippen molar-refractivity contribution in [1.29, 1.82) is 0 Å². The number of amides is 3. The molecular formula is C34H37N5O8S. The number of aromatic nitrogens is 1. The number of nitrogens with one attached hydrogen (secondary N) is 2. The van der Waals surface area contributed by atoms with Crippen LogP contribution < -0.4 is 5.32 Å². The Bertz CT molecular complexity index is 2010. The second-order valence-corrected chi connectivity index (χ2v) is 15.2.